The van der Waals surface area contributed by atoms with Crippen molar-refractivity contribution in [2.24, 2.45) is 0 Å². The fourth-order valence-corrected chi connectivity index (χ4v) is 4.65. The van der Waals surface area contributed by atoms with Crippen molar-refractivity contribution < 1.29 is 4.79 Å². The molecule has 23 heavy (non-hydrogen) atoms. The van der Waals surface area contributed by atoms with Crippen LogP contribution in [0.2, 0.25) is 0 Å². The number of aromatic nitrogens is 2. The van der Waals surface area contributed by atoms with Gasteiger partial charge >= 0.3 is 0 Å². The highest BCUT2D eigenvalue weighted by Gasteiger charge is 2.30. The minimum absolute atomic E-state index is 0.00632. The van der Waals surface area contributed by atoms with E-state index in [4.69, 9.17) is 0 Å². The quantitative estimate of drug-likeness (QED) is 0.624. The first-order chi connectivity index (χ1) is 11.0. The molecule has 0 fully saturated rings. The minimum Gasteiger partial charge on any atom is -0.330 e. The zero-order chi connectivity index (χ0) is 16.1. The molecule has 118 valence electrons. The molecule has 0 saturated heterocycles. The van der Waals surface area contributed by atoms with Gasteiger partial charge in [-0.1, -0.05) is 0 Å². The zero-order valence-electron chi connectivity index (χ0n) is 12.9. The first-order valence-corrected chi connectivity index (χ1v) is 9.19. The maximum absolute atomic E-state index is 12.9. The summed E-state index contributed by atoms with van der Waals surface area (Å²) >= 11 is 5.28. The molecule has 1 atom stereocenters. The molecule has 1 aliphatic heterocycles. The monoisotopic (exact) mass is 389 g/mol. The van der Waals surface area contributed by atoms with E-state index in [-0.39, 0.29) is 11.9 Å². The summed E-state index contributed by atoms with van der Waals surface area (Å²) in [5, 5.41) is 4.44. The van der Waals surface area contributed by atoms with Gasteiger partial charge in [-0.2, -0.15) is 5.10 Å². The molecule has 0 bridgehead atoms. The topological polar surface area (TPSA) is 37.6 Å². The Morgan fingerprint density at radius 1 is 1.39 bits per heavy atom. The lowest BCUT2D eigenvalue weighted by atomic mass is 10.0. The molecular weight excluding hydrogens is 374 g/mol. The number of hydrogen-bond acceptors (Lipinski definition) is 3. The van der Waals surface area contributed by atoms with Crippen LogP contribution >= 0.6 is 27.3 Å². The van der Waals surface area contributed by atoms with Crippen LogP contribution in [0.3, 0.4) is 0 Å². The maximum Gasteiger partial charge on any atom is 0.274 e. The largest absolute Gasteiger partial charge is 0.330 e. The van der Waals surface area contributed by atoms with E-state index in [0.29, 0.717) is 5.69 Å². The fraction of sp³-hybridized carbons (Fsp3) is 0.294. The number of nitrogens with zero attached hydrogens (tertiary/aromatic N) is 3. The highest BCUT2D eigenvalue weighted by atomic mass is 79.9. The van der Waals surface area contributed by atoms with Crippen LogP contribution in [0.1, 0.15) is 38.8 Å². The molecule has 6 heteroatoms. The Bertz CT molecular complexity index is 914. The van der Waals surface area contributed by atoms with Gasteiger partial charge in [0.25, 0.3) is 5.91 Å². The first kappa shape index (κ1) is 14.9. The van der Waals surface area contributed by atoms with Crippen molar-refractivity contribution in [3.05, 3.63) is 55.9 Å². The van der Waals surface area contributed by atoms with Crippen LogP contribution in [0.15, 0.2) is 34.9 Å². The summed E-state index contributed by atoms with van der Waals surface area (Å²) < 4.78 is 2.68. The zero-order valence-corrected chi connectivity index (χ0v) is 15.3. The van der Waals surface area contributed by atoms with Gasteiger partial charge in [0.2, 0.25) is 0 Å². The second kappa shape index (κ2) is 5.46. The molecular formula is C17H16BrN3OS. The van der Waals surface area contributed by atoms with Crippen molar-refractivity contribution in [1.82, 2.24) is 14.5 Å². The van der Waals surface area contributed by atoms with Crippen LogP contribution in [0.25, 0.3) is 5.52 Å². The molecule has 0 spiro atoms. The molecule has 4 heterocycles. The Morgan fingerprint density at radius 2 is 2.22 bits per heavy atom. The van der Waals surface area contributed by atoms with Gasteiger partial charge in [0, 0.05) is 27.0 Å². The fourth-order valence-electron chi connectivity index (χ4n) is 3.21. The SMILES string of the molecule is Cc1cc2c(s1)CCN(C(=O)c1cc3ccc(Br)cn3n1)C2C. The van der Waals surface area contributed by atoms with Crippen LogP contribution in [-0.2, 0) is 6.42 Å². The molecule has 4 rings (SSSR count). The molecule has 3 aromatic rings. The summed E-state index contributed by atoms with van der Waals surface area (Å²) in [5.74, 6) is 0.00632. The number of carbonyl (C=O) groups excluding carboxylic acids is 1. The Hall–Kier alpha value is -1.66. The number of carbonyl (C=O) groups is 1. The summed E-state index contributed by atoms with van der Waals surface area (Å²) in [6, 6.07) is 8.08. The number of rotatable bonds is 1. The predicted octanol–water partition coefficient (Wildman–Crippen LogP) is 4.23. The third-order valence-corrected chi connectivity index (χ3v) is 5.96. The van der Waals surface area contributed by atoms with Crippen molar-refractivity contribution in [3.63, 3.8) is 0 Å². The summed E-state index contributed by atoms with van der Waals surface area (Å²) in [4.78, 5) is 17.6. The summed E-state index contributed by atoms with van der Waals surface area (Å²) in [6.07, 6.45) is 2.80. The molecule has 0 saturated carbocycles. The van der Waals surface area contributed by atoms with E-state index in [2.05, 4.69) is 40.9 Å². The minimum atomic E-state index is 0.00632. The van der Waals surface area contributed by atoms with Gasteiger partial charge in [-0.3, -0.25) is 4.79 Å². The van der Waals surface area contributed by atoms with Gasteiger partial charge in [0.05, 0.1) is 11.6 Å². The molecule has 0 aromatic carbocycles. The molecule has 4 nitrogen and oxygen atoms in total. The average Bonchev–Trinajstić information content (AvgIpc) is 3.09. The van der Waals surface area contributed by atoms with E-state index in [1.54, 1.807) is 4.52 Å². The van der Waals surface area contributed by atoms with Crippen LogP contribution in [0, 0.1) is 6.92 Å². The molecule has 1 amide bonds. The van der Waals surface area contributed by atoms with E-state index in [0.717, 1.165) is 23.0 Å². The van der Waals surface area contributed by atoms with E-state index in [9.17, 15) is 4.79 Å². The van der Waals surface area contributed by atoms with Crippen LogP contribution in [0.4, 0.5) is 0 Å². The second-order valence-corrected chi connectivity index (χ2v) is 8.16. The first-order valence-electron chi connectivity index (χ1n) is 7.58. The summed E-state index contributed by atoms with van der Waals surface area (Å²) in [7, 11) is 0. The lowest BCUT2D eigenvalue weighted by Crippen LogP contribution is -2.38. The van der Waals surface area contributed by atoms with E-state index in [1.807, 2.05) is 40.6 Å². The van der Waals surface area contributed by atoms with Gasteiger partial charge in [0.15, 0.2) is 5.69 Å². The third kappa shape index (κ3) is 2.50. The smallest absolute Gasteiger partial charge is 0.274 e. The predicted molar refractivity (Wildman–Crippen MR) is 95.1 cm³/mol. The molecule has 3 aromatic heterocycles. The number of hydrogen-bond donors (Lipinski definition) is 0. The Balaban J connectivity index is 1.68. The molecule has 1 unspecified atom stereocenters. The number of fused-ring (bicyclic) bond motifs is 2. The van der Waals surface area contributed by atoms with Crippen molar-refractivity contribution in [2.75, 3.05) is 6.54 Å². The van der Waals surface area contributed by atoms with E-state index < -0.39 is 0 Å². The average molecular weight is 390 g/mol. The van der Waals surface area contributed by atoms with Gasteiger partial charge in [-0.05, 0) is 66.0 Å². The number of pyridine rings is 1. The standard InChI is InChI=1S/C17H16BrN3OS/c1-10-7-14-11(2)20(6-5-16(14)23-10)17(22)15-8-13-4-3-12(18)9-21(13)19-15/h3-4,7-9,11H,5-6H2,1-2H3. The van der Waals surface area contributed by atoms with Gasteiger partial charge in [0.1, 0.15) is 0 Å². The number of thiophene rings is 1. The number of amides is 1. The Morgan fingerprint density at radius 3 is 3.04 bits per heavy atom. The van der Waals surface area contributed by atoms with Crippen LogP contribution in [0.5, 0.6) is 0 Å². The second-order valence-electron chi connectivity index (χ2n) is 5.91. The normalized spacial score (nSPS) is 17.5. The lowest BCUT2D eigenvalue weighted by Gasteiger charge is -2.33. The lowest BCUT2D eigenvalue weighted by molar-refractivity contribution is 0.0673. The highest BCUT2D eigenvalue weighted by Crippen LogP contribution is 2.35. The molecule has 0 radical (unpaired) electrons. The summed E-state index contributed by atoms with van der Waals surface area (Å²) in [6.45, 7) is 4.99. The van der Waals surface area contributed by atoms with Crippen molar-refractivity contribution in [3.8, 4) is 0 Å². The maximum atomic E-state index is 12.9. The Kier molecular flexibility index (Phi) is 3.54. The third-order valence-electron chi connectivity index (χ3n) is 4.37. The van der Waals surface area contributed by atoms with Crippen molar-refractivity contribution in [2.45, 2.75) is 26.3 Å². The van der Waals surface area contributed by atoms with E-state index >= 15 is 0 Å². The number of halogens is 1. The highest BCUT2D eigenvalue weighted by molar-refractivity contribution is 9.10. The van der Waals surface area contributed by atoms with E-state index in [1.165, 1.54) is 15.3 Å². The van der Waals surface area contributed by atoms with Gasteiger partial charge in [-0.15, -0.1) is 11.3 Å². The van der Waals surface area contributed by atoms with Gasteiger partial charge < -0.3 is 4.90 Å². The van der Waals surface area contributed by atoms with Crippen LogP contribution in [-0.4, -0.2) is 27.0 Å². The molecule has 1 aliphatic rings. The summed E-state index contributed by atoms with van der Waals surface area (Å²) in [5.41, 5.74) is 2.72. The number of aryl methyl sites for hydroxylation is 1. The Labute approximate surface area is 146 Å². The molecule has 0 aliphatic carbocycles. The molecule has 0 N–H and O–H groups in total. The van der Waals surface area contributed by atoms with Gasteiger partial charge in [-0.25, -0.2) is 4.52 Å². The van der Waals surface area contributed by atoms with Crippen molar-refractivity contribution in [1.29, 1.82) is 0 Å². The van der Waals surface area contributed by atoms with Crippen LogP contribution < -0.4 is 0 Å². The van der Waals surface area contributed by atoms with Crippen molar-refractivity contribution >= 4 is 38.7 Å².